The Bertz CT molecular complexity index is 1140. The van der Waals surface area contributed by atoms with Crippen molar-refractivity contribution >= 4 is 29.7 Å². The van der Waals surface area contributed by atoms with Gasteiger partial charge in [-0.25, -0.2) is 9.78 Å². The number of carboxylic acids is 2. The highest BCUT2D eigenvalue weighted by atomic mass is 16.4. The summed E-state index contributed by atoms with van der Waals surface area (Å²) in [5.41, 5.74) is 6.74. The van der Waals surface area contributed by atoms with Crippen molar-refractivity contribution in [1.29, 1.82) is 0 Å². The second-order valence-electron chi connectivity index (χ2n) is 8.88. The van der Waals surface area contributed by atoms with E-state index in [9.17, 15) is 39.3 Å². The van der Waals surface area contributed by atoms with Gasteiger partial charge in [-0.05, 0) is 31.0 Å². The minimum absolute atomic E-state index is 0.0260. The van der Waals surface area contributed by atoms with Crippen LogP contribution in [0.4, 0.5) is 0 Å². The van der Waals surface area contributed by atoms with Crippen LogP contribution in [0.1, 0.15) is 31.0 Å². The predicted molar refractivity (Wildman–Crippen MR) is 134 cm³/mol. The number of nitrogens with zero attached hydrogens (tertiary/aromatic N) is 1. The van der Waals surface area contributed by atoms with E-state index in [1.54, 1.807) is 0 Å². The van der Waals surface area contributed by atoms with Crippen LogP contribution in [-0.4, -0.2) is 90.3 Å². The minimum atomic E-state index is -1.65. The molecule has 0 spiro atoms. The van der Waals surface area contributed by atoms with Crippen molar-refractivity contribution in [1.82, 2.24) is 25.9 Å². The molecule has 10 N–H and O–H groups in total. The average Bonchev–Trinajstić information content (AvgIpc) is 3.38. The fourth-order valence-corrected chi connectivity index (χ4v) is 3.51. The van der Waals surface area contributed by atoms with Crippen molar-refractivity contribution in [3.8, 4) is 5.75 Å². The van der Waals surface area contributed by atoms with Gasteiger partial charge in [-0.3, -0.25) is 19.2 Å². The number of H-pyrrole nitrogens is 1. The molecule has 3 amide bonds. The van der Waals surface area contributed by atoms with Crippen molar-refractivity contribution in [2.75, 3.05) is 0 Å². The molecule has 15 heteroatoms. The van der Waals surface area contributed by atoms with Crippen LogP contribution in [0, 0.1) is 0 Å². The zero-order chi connectivity index (χ0) is 29.1. The maximum Gasteiger partial charge on any atom is 0.328 e. The number of benzene rings is 1. The lowest BCUT2D eigenvalue weighted by Gasteiger charge is -2.25. The number of aliphatic carboxylic acids is 2. The van der Waals surface area contributed by atoms with Gasteiger partial charge in [0.15, 0.2) is 6.04 Å². The molecule has 15 nitrogen and oxygen atoms in total. The smallest absolute Gasteiger partial charge is 0.328 e. The Morgan fingerprint density at radius 2 is 1.54 bits per heavy atom. The average molecular weight is 549 g/mol. The molecule has 0 aliphatic rings. The molecule has 0 bridgehead atoms. The number of nitrogens with two attached hydrogens (primary N) is 1. The summed E-state index contributed by atoms with van der Waals surface area (Å²) < 4.78 is 0. The Morgan fingerprint density at radius 1 is 0.949 bits per heavy atom. The van der Waals surface area contributed by atoms with Crippen molar-refractivity contribution in [2.24, 2.45) is 5.73 Å². The van der Waals surface area contributed by atoms with Gasteiger partial charge in [0.2, 0.25) is 17.7 Å². The highest BCUT2D eigenvalue weighted by Crippen LogP contribution is 2.12. The number of aromatic hydroxyl groups is 1. The van der Waals surface area contributed by atoms with E-state index in [4.69, 9.17) is 10.8 Å². The van der Waals surface area contributed by atoms with Gasteiger partial charge < -0.3 is 47.1 Å². The van der Waals surface area contributed by atoms with Crippen LogP contribution in [-0.2, 0) is 36.8 Å². The van der Waals surface area contributed by atoms with Gasteiger partial charge in [-0.15, -0.1) is 0 Å². The van der Waals surface area contributed by atoms with E-state index in [2.05, 4.69) is 25.9 Å². The standard InChI is InChI=1S/C24H32N6O9/c1-12(31)20(24(38)39)30-23(37)18(9-14-10-26-11-27-14)29-22(36)17(8-13-2-4-15(32)5-3-13)28-21(35)16(25)6-7-19(33)34/h2-5,10-12,16-18,20,31-32H,6-9,25H2,1H3,(H,26,27)(H,28,35)(H,29,36)(H,30,37)(H,33,34)(H,38,39). The Labute approximate surface area is 222 Å². The number of carbonyl (C=O) groups is 5. The monoisotopic (exact) mass is 548 g/mol. The molecule has 2 rings (SSSR count). The number of aliphatic hydroxyl groups excluding tert-OH is 1. The number of hydrogen-bond acceptors (Lipinski definition) is 9. The van der Waals surface area contributed by atoms with Crippen LogP contribution >= 0.6 is 0 Å². The first-order valence-electron chi connectivity index (χ1n) is 11.9. The van der Waals surface area contributed by atoms with Gasteiger partial charge >= 0.3 is 11.9 Å². The first-order valence-corrected chi connectivity index (χ1v) is 11.9. The summed E-state index contributed by atoms with van der Waals surface area (Å²) in [7, 11) is 0. The third-order valence-corrected chi connectivity index (χ3v) is 5.67. The van der Waals surface area contributed by atoms with Crippen molar-refractivity contribution < 1.29 is 44.4 Å². The summed E-state index contributed by atoms with van der Waals surface area (Å²) in [4.78, 5) is 67.9. The van der Waals surface area contributed by atoms with Crippen LogP contribution in [0.3, 0.4) is 0 Å². The fourth-order valence-electron chi connectivity index (χ4n) is 3.51. The number of carbonyl (C=O) groups excluding carboxylic acids is 3. The lowest BCUT2D eigenvalue weighted by atomic mass is 10.0. The summed E-state index contributed by atoms with van der Waals surface area (Å²) in [5, 5.41) is 44.6. The number of carboxylic acid groups (broad SMARTS) is 2. The van der Waals surface area contributed by atoms with E-state index < -0.39 is 59.9 Å². The lowest BCUT2D eigenvalue weighted by molar-refractivity contribution is -0.145. The number of aromatic nitrogens is 2. The van der Waals surface area contributed by atoms with Gasteiger partial charge in [0.1, 0.15) is 17.8 Å². The lowest BCUT2D eigenvalue weighted by Crippen LogP contribution is -2.59. The number of phenols is 1. The van der Waals surface area contributed by atoms with E-state index in [1.165, 1.54) is 43.7 Å². The van der Waals surface area contributed by atoms with Gasteiger partial charge in [-0.2, -0.15) is 0 Å². The molecule has 5 unspecified atom stereocenters. The maximum absolute atomic E-state index is 13.4. The van der Waals surface area contributed by atoms with E-state index in [-0.39, 0.29) is 31.4 Å². The molecule has 1 heterocycles. The second kappa shape index (κ2) is 14.4. The normalized spacial score (nSPS) is 14.7. The Balaban J connectivity index is 2.28. The summed E-state index contributed by atoms with van der Waals surface area (Å²) in [5.74, 6) is -5.21. The van der Waals surface area contributed by atoms with Crippen LogP contribution in [0.5, 0.6) is 5.75 Å². The first-order chi connectivity index (χ1) is 18.4. The first kappa shape index (κ1) is 30.7. The van der Waals surface area contributed by atoms with Crippen molar-refractivity contribution in [3.63, 3.8) is 0 Å². The number of aromatic amines is 1. The summed E-state index contributed by atoms with van der Waals surface area (Å²) in [6.07, 6.45) is 0.513. The van der Waals surface area contributed by atoms with E-state index in [1.807, 2.05) is 0 Å². The Hall–Kier alpha value is -4.50. The van der Waals surface area contributed by atoms with Crippen molar-refractivity contribution in [3.05, 3.63) is 48.0 Å². The maximum atomic E-state index is 13.4. The van der Waals surface area contributed by atoms with E-state index >= 15 is 0 Å². The van der Waals surface area contributed by atoms with Crippen molar-refractivity contribution in [2.45, 2.75) is 62.9 Å². The molecule has 0 radical (unpaired) electrons. The predicted octanol–water partition coefficient (Wildman–Crippen LogP) is -1.99. The molecule has 1 aromatic carbocycles. The third-order valence-electron chi connectivity index (χ3n) is 5.67. The van der Waals surface area contributed by atoms with Crippen LogP contribution in [0.2, 0.25) is 0 Å². The third kappa shape index (κ3) is 10.1. The Morgan fingerprint density at radius 3 is 2.08 bits per heavy atom. The summed E-state index contributed by atoms with van der Waals surface area (Å²) in [6.45, 7) is 1.18. The largest absolute Gasteiger partial charge is 0.508 e. The number of rotatable bonds is 15. The molecule has 0 aliphatic heterocycles. The molecule has 5 atom stereocenters. The Kier molecular flexibility index (Phi) is 11.4. The number of imidazole rings is 1. The van der Waals surface area contributed by atoms with E-state index in [0.717, 1.165) is 0 Å². The molecule has 0 saturated heterocycles. The van der Waals surface area contributed by atoms with Gasteiger partial charge in [0, 0.05) is 31.2 Å². The number of aliphatic hydroxyl groups is 1. The second-order valence-corrected chi connectivity index (χ2v) is 8.88. The molecule has 0 fully saturated rings. The highest BCUT2D eigenvalue weighted by Gasteiger charge is 2.32. The SMILES string of the molecule is CC(O)C(NC(=O)C(Cc1cnc[nH]1)NC(=O)C(Cc1ccc(O)cc1)NC(=O)C(N)CCC(=O)O)C(=O)O. The highest BCUT2D eigenvalue weighted by molar-refractivity contribution is 5.94. The zero-order valence-corrected chi connectivity index (χ0v) is 21.0. The molecular formula is C24H32N6O9. The summed E-state index contributed by atoms with van der Waals surface area (Å²) in [6, 6.07) is 0.256. The fraction of sp³-hybridized carbons (Fsp3) is 0.417. The number of hydrogen-bond donors (Lipinski definition) is 9. The zero-order valence-electron chi connectivity index (χ0n) is 21.0. The van der Waals surface area contributed by atoms with Gasteiger partial charge in [0.05, 0.1) is 18.5 Å². The number of amides is 3. The van der Waals surface area contributed by atoms with Crippen LogP contribution in [0.15, 0.2) is 36.8 Å². The van der Waals surface area contributed by atoms with Crippen LogP contribution < -0.4 is 21.7 Å². The minimum Gasteiger partial charge on any atom is -0.508 e. The summed E-state index contributed by atoms with van der Waals surface area (Å²) >= 11 is 0. The number of nitrogens with one attached hydrogen (secondary N) is 4. The van der Waals surface area contributed by atoms with Crippen LogP contribution in [0.25, 0.3) is 0 Å². The molecular weight excluding hydrogens is 516 g/mol. The molecule has 2 aromatic rings. The molecule has 0 aliphatic carbocycles. The number of phenolic OH excluding ortho intramolecular Hbond substituents is 1. The molecule has 212 valence electrons. The topological polar surface area (TPSA) is 257 Å². The van der Waals surface area contributed by atoms with E-state index in [0.29, 0.717) is 11.3 Å². The van der Waals surface area contributed by atoms with Gasteiger partial charge in [0.25, 0.3) is 0 Å². The molecule has 39 heavy (non-hydrogen) atoms. The molecule has 1 aromatic heterocycles. The molecule has 0 saturated carbocycles. The quantitative estimate of drug-likeness (QED) is 0.118. The van der Waals surface area contributed by atoms with Gasteiger partial charge in [-0.1, -0.05) is 12.1 Å².